The lowest BCUT2D eigenvalue weighted by molar-refractivity contribution is 0.112. The number of ether oxygens (including phenoxy) is 1. The highest BCUT2D eigenvalue weighted by Gasteiger charge is 2.16. The minimum absolute atomic E-state index is 0.291. The number of aryl methyl sites for hydroxylation is 1. The number of carbonyl (C=O) groups excluding carboxylic acids is 1. The smallest absolute Gasteiger partial charge is 0.213 e. The fraction of sp³-hybridized carbons (Fsp3) is 0.182. The summed E-state index contributed by atoms with van der Waals surface area (Å²) in [6, 6.07) is 5.24. The van der Waals surface area contributed by atoms with Gasteiger partial charge in [0, 0.05) is 13.1 Å². The van der Waals surface area contributed by atoms with Crippen LogP contribution in [0.2, 0.25) is 5.15 Å². The van der Waals surface area contributed by atoms with Gasteiger partial charge in [-0.05, 0) is 6.07 Å². The summed E-state index contributed by atoms with van der Waals surface area (Å²) in [6.45, 7) is 0. The van der Waals surface area contributed by atoms with Crippen LogP contribution in [-0.4, -0.2) is 28.2 Å². The number of hydrogen-bond acceptors (Lipinski definition) is 4. The molecule has 0 amide bonds. The van der Waals surface area contributed by atoms with Crippen LogP contribution >= 0.6 is 11.6 Å². The minimum Gasteiger partial charge on any atom is -0.481 e. The van der Waals surface area contributed by atoms with E-state index in [1.54, 1.807) is 25.2 Å². The van der Waals surface area contributed by atoms with E-state index in [1.807, 2.05) is 0 Å². The highest BCUT2D eigenvalue weighted by molar-refractivity contribution is 6.32. The third-order valence-corrected chi connectivity index (χ3v) is 2.75. The molecule has 0 spiro atoms. The summed E-state index contributed by atoms with van der Waals surface area (Å²) in [5.41, 5.74) is 1.33. The molecule has 0 aliphatic heterocycles. The first kappa shape index (κ1) is 11.6. The van der Waals surface area contributed by atoms with E-state index >= 15 is 0 Å². The van der Waals surface area contributed by atoms with E-state index in [4.69, 9.17) is 16.3 Å². The van der Waals surface area contributed by atoms with Crippen LogP contribution in [0.5, 0.6) is 5.88 Å². The molecule has 0 fully saturated rings. The second-order valence-corrected chi connectivity index (χ2v) is 3.72. The molecular weight excluding hydrogens is 242 g/mol. The van der Waals surface area contributed by atoms with Crippen LogP contribution in [0.4, 0.5) is 0 Å². The van der Waals surface area contributed by atoms with Crippen LogP contribution in [0.1, 0.15) is 10.4 Å². The van der Waals surface area contributed by atoms with Crippen molar-refractivity contribution in [2.24, 2.45) is 7.05 Å². The first-order chi connectivity index (χ1) is 8.17. The van der Waals surface area contributed by atoms with Gasteiger partial charge in [-0.25, -0.2) is 4.98 Å². The monoisotopic (exact) mass is 251 g/mol. The number of aldehydes is 1. The van der Waals surface area contributed by atoms with Crippen molar-refractivity contribution in [1.29, 1.82) is 0 Å². The molecule has 0 aromatic carbocycles. The van der Waals surface area contributed by atoms with E-state index in [0.29, 0.717) is 34.3 Å². The normalized spacial score (nSPS) is 10.3. The zero-order valence-corrected chi connectivity index (χ0v) is 10.1. The molecule has 2 rings (SSSR count). The summed E-state index contributed by atoms with van der Waals surface area (Å²) in [6.07, 6.45) is 0.672. The molecule has 2 heterocycles. The maximum atomic E-state index is 11.0. The third kappa shape index (κ3) is 2.01. The molecule has 0 saturated carbocycles. The average Bonchev–Trinajstić information content (AvgIpc) is 2.65. The number of nitrogens with zero attached hydrogens (tertiary/aromatic N) is 3. The Hall–Kier alpha value is -1.88. The summed E-state index contributed by atoms with van der Waals surface area (Å²) >= 11 is 5.95. The Labute approximate surface area is 103 Å². The van der Waals surface area contributed by atoms with Crippen LogP contribution in [-0.2, 0) is 7.05 Å². The molecule has 0 atom stereocenters. The molecule has 2 aromatic rings. The second-order valence-electron chi connectivity index (χ2n) is 3.36. The molecule has 0 aliphatic rings. The van der Waals surface area contributed by atoms with E-state index < -0.39 is 0 Å². The Morgan fingerprint density at radius 3 is 2.88 bits per heavy atom. The number of hydrogen-bond donors (Lipinski definition) is 0. The first-order valence-electron chi connectivity index (χ1n) is 4.86. The molecule has 0 saturated heterocycles. The second kappa shape index (κ2) is 4.55. The van der Waals surface area contributed by atoms with E-state index in [9.17, 15) is 4.79 Å². The van der Waals surface area contributed by atoms with Crippen molar-refractivity contribution in [3.63, 3.8) is 0 Å². The lowest BCUT2D eigenvalue weighted by atomic mass is 10.2. The van der Waals surface area contributed by atoms with Crippen LogP contribution in [0, 0.1) is 0 Å². The van der Waals surface area contributed by atoms with Gasteiger partial charge in [-0.3, -0.25) is 9.48 Å². The van der Waals surface area contributed by atoms with Gasteiger partial charge in [-0.15, -0.1) is 0 Å². The Morgan fingerprint density at radius 1 is 1.47 bits per heavy atom. The fourth-order valence-electron chi connectivity index (χ4n) is 1.47. The van der Waals surface area contributed by atoms with E-state index in [-0.39, 0.29) is 0 Å². The van der Waals surface area contributed by atoms with E-state index in [2.05, 4.69) is 10.1 Å². The van der Waals surface area contributed by atoms with E-state index in [1.165, 1.54) is 11.8 Å². The minimum atomic E-state index is 0.291. The van der Waals surface area contributed by atoms with Gasteiger partial charge in [-0.1, -0.05) is 17.7 Å². The molecule has 6 heteroatoms. The maximum Gasteiger partial charge on any atom is 0.213 e. The van der Waals surface area contributed by atoms with Crippen molar-refractivity contribution in [2.45, 2.75) is 0 Å². The molecule has 0 bridgehead atoms. The first-order valence-corrected chi connectivity index (χ1v) is 5.24. The largest absolute Gasteiger partial charge is 0.481 e. The number of methoxy groups -OCH3 is 1. The highest BCUT2D eigenvalue weighted by atomic mass is 35.5. The lowest BCUT2D eigenvalue weighted by Crippen LogP contribution is -1.93. The number of halogens is 1. The number of rotatable bonds is 3. The molecule has 0 N–H and O–H groups in total. The zero-order chi connectivity index (χ0) is 12.4. The standard InChI is InChI=1S/C11H10ClN3O2/c1-15-11(12)7(6-16)10(14-15)8-4-3-5-9(13-8)17-2/h3-6H,1-2H3. The molecular formula is C11H10ClN3O2. The summed E-state index contributed by atoms with van der Waals surface area (Å²) in [5, 5.41) is 4.45. The van der Waals surface area contributed by atoms with Crippen molar-refractivity contribution in [3.8, 4) is 17.3 Å². The predicted molar refractivity (Wildman–Crippen MR) is 63.4 cm³/mol. The van der Waals surface area contributed by atoms with Crippen molar-refractivity contribution in [1.82, 2.24) is 14.8 Å². The molecule has 88 valence electrons. The van der Waals surface area contributed by atoms with Crippen LogP contribution in [0.15, 0.2) is 18.2 Å². The van der Waals surface area contributed by atoms with Gasteiger partial charge < -0.3 is 4.74 Å². The summed E-state index contributed by atoms with van der Waals surface area (Å²) < 4.78 is 6.45. The van der Waals surface area contributed by atoms with Crippen molar-refractivity contribution in [2.75, 3.05) is 7.11 Å². The fourth-order valence-corrected chi connectivity index (χ4v) is 1.65. The Kier molecular flexibility index (Phi) is 3.10. The van der Waals surface area contributed by atoms with Gasteiger partial charge in [0.15, 0.2) is 6.29 Å². The topological polar surface area (TPSA) is 57.0 Å². The summed E-state index contributed by atoms with van der Waals surface area (Å²) in [4.78, 5) is 15.2. The number of aromatic nitrogens is 3. The van der Waals surface area contributed by atoms with Crippen LogP contribution in [0.25, 0.3) is 11.4 Å². The van der Waals surface area contributed by atoms with Gasteiger partial charge in [0.1, 0.15) is 10.8 Å². The van der Waals surface area contributed by atoms with Crippen molar-refractivity contribution < 1.29 is 9.53 Å². The van der Waals surface area contributed by atoms with Gasteiger partial charge in [-0.2, -0.15) is 5.10 Å². The van der Waals surface area contributed by atoms with E-state index in [0.717, 1.165) is 0 Å². The van der Waals surface area contributed by atoms with Crippen LogP contribution < -0.4 is 4.74 Å². The van der Waals surface area contributed by atoms with Gasteiger partial charge >= 0.3 is 0 Å². The Bertz CT molecular complexity index is 566. The Morgan fingerprint density at radius 2 is 2.24 bits per heavy atom. The van der Waals surface area contributed by atoms with Gasteiger partial charge in [0.05, 0.1) is 18.4 Å². The van der Waals surface area contributed by atoms with Crippen LogP contribution in [0.3, 0.4) is 0 Å². The number of carbonyl (C=O) groups is 1. The maximum absolute atomic E-state index is 11.0. The van der Waals surface area contributed by atoms with Crippen molar-refractivity contribution in [3.05, 3.63) is 28.9 Å². The summed E-state index contributed by atoms with van der Waals surface area (Å²) in [5.74, 6) is 0.459. The molecule has 0 aliphatic carbocycles. The summed E-state index contributed by atoms with van der Waals surface area (Å²) in [7, 11) is 3.19. The predicted octanol–water partition coefficient (Wildman–Crippen LogP) is 1.96. The average molecular weight is 252 g/mol. The number of pyridine rings is 1. The van der Waals surface area contributed by atoms with Crippen molar-refractivity contribution >= 4 is 17.9 Å². The lowest BCUT2D eigenvalue weighted by Gasteiger charge is -2.00. The molecule has 2 aromatic heterocycles. The molecule has 17 heavy (non-hydrogen) atoms. The third-order valence-electron chi connectivity index (χ3n) is 2.30. The quantitative estimate of drug-likeness (QED) is 0.783. The van der Waals surface area contributed by atoms with Gasteiger partial charge in [0.2, 0.25) is 5.88 Å². The molecule has 5 nitrogen and oxygen atoms in total. The SMILES string of the molecule is COc1cccc(-c2nn(C)c(Cl)c2C=O)n1. The molecule has 0 unspecified atom stereocenters. The zero-order valence-electron chi connectivity index (χ0n) is 9.35. The highest BCUT2D eigenvalue weighted by Crippen LogP contribution is 2.26. The van der Waals surface area contributed by atoms with Gasteiger partial charge in [0.25, 0.3) is 0 Å². The molecule has 0 radical (unpaired) electrons. The Balaban J connectivity index is 2.59.